The number of hydrogen-bond donors (Lipinski definition) is 6. The van der Waals surface area contributed by atoms with Crippen LogP contribution in [0, 0.1) is 0 Å². The van der Waals surface area contributed by atoms with E-state index in [1.54, 1.807) is 18.2 Å². The second-order valence-electron chi connectivity index (χ2n) is 4.35. The number of aliphatic hydroxyl groups excluding tert-OH is 5. The zero-order chi connectivity index (χ0) is 15.1. The lowest BCUT2D eigenvalue weighted by molar-refractivity contribution is -0.112. The molecule has 7 nitrogen and oxygen atoms in total. The lowest BCUT2D eigenvalue weighted by Gasteiger charge is -2.24. The third kappa shape index (κ3) is 4.55. The number of aromatic hydroxyl groups is 1. The highest BCUT2D eigenvalue weighted by Gasteiger charge is 2.29. The number of phenolic OH excluding ortho intramolecular Hbond substituents is 1. The van der Waals surface area contributed by atoms with E-state index in [9.17, 15) is 20.4 Å². The molecule has 6 N–H and O–H groups in total. The molecule has 1 aromatic rings. The second kappa shape index (κ2) is 7.93. The van der Waals surface area contributed by atoms with Crippen molar-refractivity contribution in [2.75, 3.05) is 13.2 Å². The summed E-state index contributed by atoms with van der Waals surface area (Å²) in [4.78, 5) is 3.84. The van der Waals surface area contributed by atoms with Gasteiger partial charge in [-0.05, 0) is 12.1 Å². The number of aliphatic hydroxyl groups is 5. The van der Waals surface area contributed by atoms with Crippen LogP contribution in [0.2, 0.25) is 0 Å². The first-order valence-corrected chi connectivity index (χ1v) is 6.08. The van der Waals surface area contributed by atoms with Gasteiger partial charge in [0.1, 0.15) is 30.2 Å². The summed E-state index contributed by atoms with van der Waals surface area (Å²) in [5, 5.41) is 55.8. The molecule has 7 heteroatoms. The first kappa shape index (κ1) is 16.5. The summed E-state index contributed by atoms with van der Waals surface area (Å²) in [6.45, 7) is -0.961. The molecule has 1 aromatic carbocycles. The van der Waals surface area contributed by atoms with Crippen molar-refractivity contribution < 1.29 is 30.6 Å². The molecule has 0 amide bonds. The minimum absolute atomic E-state index is 0.0297. The van der Waals surface area contributed by atoms with Crippen molar-refractivity contribution in [3.63, 3.8) is 0 Å². The minimum atomic E-state index is -1.67. The third-order valence-corrected chi connectivity index (χ3v) is 2.79. The Morgan fingerprint density at radius 1 is 1.00 bits per heavy atom. The Morgan fingerprint density at radius 2 is 1.60 bits per heavy atom. The van der Waals surface area contributed by atoms with Crippen molar-refractivity contribution in [1.82, 2.24) is 0 Å². The number of rotatable bonds is 7. The van der Waals surface area contributed by atoms with Crippen molar-refractivity contribution in [1.29, 1.82) is 0 Å². The Bertz CT molecular complexity index is 439. The molecule has 0 saturated carbocycles. The summed E-state index contributed by atoms with van der Waals surface area (Å²) in [6, 6.07) is 6.45. The van der Waals surface area contributed by atoms with Crippen LogP contribution < -0.4 is 0 Å². The van der Waals surface area contributed by atoms with Gasteiger partial charge in [-0.25, -0.2) is 0 Å². The van der Waals surface area contributed by atoms with Gasteiger partial charge < -0.3 is 30.6 Å². The maximum Gasteiger partial charge on any atom is 0.124 e. The normalized spacial score (nSPS) is 17.9. The monoisotopic (exact) mass is 285 g/mol. The van der Waals surface area contributed by atoms with E-state index < -0.39 is 31.0 Å². The van der Waals surface area contributed by atoms with Crippen LogP contribution in [-0.2, 0) is 0 Å². The summed E-state index contributed by atoms with van der Waals surface area (Å²) >= 11 is 0. The van der Waals surface area contributed by atoms with Crippen LogP contribution in [0.15, 0.2) is 29.3 Å². The maximum absolute atomic E-state index is 9.60. The highest BCUT2D eigenvalue weighted by atomic mass is 16.4. The van der Waals surface area contributed by atoms with Crippen LogP contribution in [0.25, 0.3) is 0 Å². The third-order valence-electron chi connectivity index (χ3n) is 2.79. The van der Waals surface area contributed by atoms with Crippen molar-refractivity contribution in [3.05, 3.63) is 29.8 Å². The van der Waals surface area contributed by atoms with Crippen LogP contribution in [0.5, 0.6) is 5.75 Å². The number of hydrogen-bond acceptors (Lipinski definition) is 7. The average molecular weight is 285 g/mol. The first-order chi connectivity index (χ1) is 9.47. The standard InChI is InChI=1S/C13H19NO6/c15-7-11(18)13(20)12(19)10(17)6-14-5-8-3-1-2-4-9(8)16/h1-5,10-13,15-20H,6-7H2. The Labute approximate surface area is 116 Å². The second-order valence-corrected chi connectivity index (χ2v) is 4.35. The van der Waals surface area contributed by atoms with E-state index >= 15 is 0 Å². The Kier molecular flexibility index (Phi) is 6.56. The van der Waals surface area contributed by atoms with E-state index in [1.165, 1.54) is 12.3 Å². The summed E-state index contributed by atoms with van der Waals surface area (Å²) in [6.07, 6.45) is -4.94. The van der Waals surface area contributed by atoms with Crippen LogP contribution in [0.1, 0.15) is 5.56 Å². The molecule has 0 spiro atoms. The van der Waals surface area contributed by atoms with Gasteiger partial charge in [0.15, 0.2) is 0 Å². The van der Waals surface area contributed by atoms with E-state index in [0.29, 0.717) is 5.56 Å². The fourth-order valence-electron chi connectivity index (χ4n) is 1.53. The predicted molar refractivity (Wildman–Crippen MR) is 71.7 cm³/mol. The molecule has 0 aliphatic carbocycles. The summed E-state index contributed by atoms with van der Waals surface area (Å²) in [7, 11) is 0. The van der Waals surface area contributed by atoms with Crippen LogP contribution in [0.4, 0.5) is 0 Å². The van der Waals surface area contributed by atoms with Crippen LogP contribution in [0.3, 0.4) is 0 Å². The van der Waals surface area contributed by atoms with Gasteiger partial charge in [-0.1, -0.05) is 12.1 Å². The summed E-state index contributed by atoms with van der Waals surface area (Å²) in [5.74, 6) is 0.0297. The molecule has 4 atom stereocenters. The van der Waals surface area contributed by atoms with Gasteiger partial charge in [-0.15, -0.1) is 0 Å². The predicted octanol–water partition coefficient (Wildman–Crippen LogP) is -1.75. The zero-order valence-corrected chi connectivity index (χ0v) is 10.7. The number of benzene rings is 1. The van der Waals surface area contributed by atoms with Gasteiger partial charge in [-0.2, -0.15) is 0 Å². The van der Waals surface area contributed by atoms with E-state index in [-0.39, 0.29) is 12.3 Å². The largest absolute Gasteiger partial charge is 0.507 e. The van der Waals surface area contributed by atoms with Gasteiger partial charge in [0, 0.05) is 11.8 Å². The Balaban J connectivity index is 2.54. The topological polar surface area (TPSA) is 134 Å². The SMILES string of the molecule is OCC(O)C(O)C(O)C(O)CN=Cc1ccccc1O. The fraction of sp³-hybridized carbons (Fsp3) is 0.462. The molecule has 112 valence electrons. The van der Waals surface area contributed by atoms with Crippen molar-refractivity contribution in [3.8, 4) is 5.75 Å². The molecular weight excluding hydrogens is 266 g/mol. The molecule has 0 saturated heterocycles. The minimum Gasteiger partial charge on any atom is -0.507 e. The molecule has 0 aromatic heterocycles. The lowest BCUT2D eigenvalue weighted by atomic mass is 10.0. The molecule has 20 heavy (non-hydrogen) atoms. The average Bonchev–Trinajstić information content (AvgIpc) is 2.46. The smallest absolute Gasteiger partial charge is 0.124 e. The van der Waals surface area contributed by atoms with Crippen molar-refractivity contribution in [2.45, 2.75) is 24.4 Å². The number of para-hydroxylation sites is 1. The van der Waals surface area contributed by atoms with E-state index in [1.807, 2.05) is 0 Å². The molecule has 0 bridgehead atoms. The van der Waals surface area contributed by atoms with Crippen LogP contribution in [-0.4, -0.2) is 74.4 Å². The Morgan fingerprint density at radius 3 is 2.20 bits per heavy atom. The van der Waals surface area contributed by atoms with E-state index in [0.717, 1.165) is 0 Å². The quantitative estimate of drug-likeness (QED) is 0.329. The first-order valence-electron chi connectivity index (χ1n) is 6.08. The Hall–Kier alpha value is -1.51. The molecule has 0 aliphatic heterocycles. The summed E-state index contributed by atoms with van der Waals surface area (Å²) in [5.41, 5.74) is 0.449. The highest BCUT2D eigenvalue weighted by molar-refractivity contribution is 5.83. The zero-order valence-electron chi connectivity index (χ0n) is 10.7. The molecule has 4 unspecified atom stereocenters. The van der Waals surface area contributed by atoms with Crippen molar-refractivity contribution in [2.24, 2.45) is 4.99 Å². The highest BCUT2D eigenvalue weighted by Crippen LogP contribution is 2.13. The summed E-state index contributed by atoms with van der Waals surface area (Å²) < 4.78 is 0. The van der Waals surface area contributed by atoms with Gasteiger partial charge >= 0.3 is 0 Å². The lowest BCUT2D eigenvalue weighted by Crippen LogP contribution is -2.46. The number of aliphatic imine (C=N–C) groups is 1. The fourth-order valence-corrected chi connectivity index (χ4v) is 1.53. The molecule has 0 aliphatic rings. The van der Waals surface area contributed by atoms with E-state index in [4.69, 9.17) is 10.2 Å². The maximum atomic E-state index is 9.60. The van der Waals surface area contributed by atoms with Gasteiger partial charge in [0.2, 0.25) is 0 Å². The van der Waals surface area contributed by atoms with Crippen molar-refractivity contribution >= 4 is 6.21 Å². The molecule has 0 fully saturated rings. The van der Waals surface area contributed by atoms with E-state index in [2.05, 4.69) is 4.99 Å². The molecule has 1 rings (SSSR count). The van der Waals surface area contributed by atoms with Gasteiger partial charge in [-0.3, -0.25) is 4.99 Å². The van der Waals surface area contributed by atoms with Gasteiger partial charge in [0.05, 0.1) is 13.2 Å². The molecule has 0 radical (unpaired) electrons. The van der Waals surface area contributed by atoms with Crippen LogP contribution >= 0.6 is 0 Å². The number of nitrogens with zero attached hydrogens (tertiary/aromatic N) is 1. The molecule has 0 heterocycles. The molecular formula is C13H19NO6. The number of phenols is 1. The van der Waals surface area contributed by atoms with Gasteiger partial charge in [0.25, 0.3) is 0 Å².